The van der Waals surface area contributed by atoms with E-state index in [0.717, 1.165) is 4.90 Å². The van der Waals surface area contributed by atoms with E-state index in [9.17, 15) is 37.6 Å². The average molecular weight is 540 g/mol. The molecule has 14 heteroatoms. The number of piperidine rings is 1. The van der Waals surface area contributed by atoms with Crippen molar-refractivity contribution in [1.29, 1.82) is 5.26 Å². The number of nitrogens with zero attached hydrogens (tertiary/aromatic N) is 2. The number of nitriles is 1. The summed E-state index contributed by atoms with van der Waals surface area (Å²) in [6.07, 6.45) is -4.64. The first-order valence-electron chi connectivity index (χ1n) is 11.0. The fourth-order valence-corrected chi connectivity index (χ4v) is 5.54. The molecule has 2 aliphatic heterocycles. The lowest BCUT2D eigenvalue weighted by molar-refractivity contribution is -0.176. The van der Waals surface area contributed by atoms with Crippen LogP contribution in [-0.4, -0.2) is 70.3 Å². The van der Waals surface area contributed by atoms with Crippen molar-refractivity contribution in [2.24, 2.45) is 23.2 Å². The van der Waals surface area contributed by atoms with Gasteiger partial charge in [0.2, 0.25) is 17.7 Å². The van der Waals surface area contributed by atoms with Crippen LogP contribution in [-0.2, 0) is 19.2 Å². The standard InChI is InChI=1S/C21H26Cl2F3N5O4/c1-19(2,3)14(30-18(35)21(24,25)26)17(34)31-8-11-12(20(11,22)23)13(31)16(33)29-10(7-27)6-9-4-5-28-15(9)32/h9-14H,4-6,8H2,1-3H3,(H,28,32)(H,29,33)(H,30,35)/t9-,10-,11-,12-,13-,14+/m0/s1. The van der Waals surface area contributed by atoms with Gasteiger partial charge in [-0.05, 0) is 18.3 Å². The van der Waals surface area contributed by atoms with Gasteiger partial charge >= 0.3 is 12.1 Å². The van der Waals surface area contributed by atoms with Crippen molar-refractivity contribution < 1.29 is 32.3 Å². The van der Waals surface area contributed by atoms with E-state index in [0.29, 0.717) is 13.0 Å². The van der Waals surface area contributed by atoms with Gasteiger partial charge in [0.15, 0.2) is 0 Å². The van der Waals surface area contributed by atoms with Gasteiger partial charge in [0, 0.05) is 30.8 Å². The van der Waals surface area contributed by atoms with Gasteiger partial charge in [-0.1, -0.05) is 20.8 Å². The Labute approximate surface area is 210 Å². The Morgan fingerprint density at radius 3 is 2.37 bits per heavy atom. The monoisotopic (exact) mass is 539 g/mol. The lowest BCUT2D eigenvalue weighted by atomic mass is 9.85. The van der Waals surface area contributed by atoms with Gasteiger partial charge in [0.1, 0.15) is 22.5 Å². The first-order chi connectivity index (χ1) is 16.0. The molecule has 9 nitrogen and oxygen atoms in total. The van der Waals surface area contributed by atoms with Crippen LogP contribution < -0.4 is 16.0 Å². The van der Waals surface area contributed by atoms with Crippen LogP contribution in [0.25, 0.3) is 0 Å². The third-order valence-corrected chi connectivity index (χ3v) is 7.75. The normalized spacial score (nSPS) is 28.9. The first-order valence-corrected chi connectivity index (χ1v) is 11.8. The Kier molecular flexibility index (Phi) is 7.27. The molecule has 3 fully saturated rings. The number of alkyl halides is 5. The zero-order valence-electron chi connectivity index (χ0n) is 19.2. The number of rotatable bonds is 6. The maximum Gasteiger partial charge on any atom is 0.471 e. The van der Waals surface area contributed by atoms with Gasteiger partial charge in [-0.25, -0.2) is 0 Å². The highest BCUT2D eigenvalue weighted by molar-refractivity contribution is 6.51. The topological polar surface area (TPSA) is 131 Å². The predicted molar refractivity (Wildman–Crippen MR) is 118 cm³/mol. The van der Waals surface area contributed by atoms with Crippen LogP contribution in [0, 0.1) is 34.5 Å². The number of hydrogen-bond acceptors (Lipinski definition) is 5. The lowest BCUT2D eigenvalue weighted by Gasteiger charge is -2.37. The number of nitrogens with one attached hydrogen (secondary N) is 3. The summed E-state index contributed by atoms with van der Waals surface area (Å²) >= 11 is 12.5. The molecule has 194 valence electrons. The van der Waals surface area contributed by atoms with Crippen molar-refractivity contribution in [3.8, 4) is 6.07 Å². The van der Waals surface area contributed by atoms with Gasteiger partial charge in [-0.15, -0.1) is 23.2 Å². The van der Waals surface area contributed by atoms with E-state index in [1.165, 1.54) is 20.8 Å². The lowest BCUT2D eigenvalue weighted by Crippen LogP contribution is -2.61. The highest BCUT2D eigenvalue weighted by Gasteiger charge is 2.74. The molecule has 2 heterocycles. The molecule has 3 aliphatic rings. The van der Waals surface area contributed by atoms with Crippen molar-refractivity contribution in [2.45, 2.75) is 62.2 Å². The zero-order chi connectivity index (χ0) is 26.5. The summed E-state index contributed by atoms with van der Waals surface area (Å²) < 4.78 is 37.4. The van der Waals surface area contributed by atoms with Crippen molar-refractivity contribution >= 4 is 46.8 Å². The van der Waals surface area contributed by atoms with E-state index >= 15 is 0 Å². The maximum atomic E-state index is 13.4. The summed E-state index contributed by atoms with van der Waals surface area (Å²) in [6.45, 7) is 4.78. The van der Waals surface area contributed by atoms with Crippen LogP contribution >= 0.6 is 23.2 Å². The molecule has 0 aromatic heterocycles. The van der Waals surface area contributed by atoms with Crippen LogP contribution in [0.1, 0.15) is 33.6 Å². The van der Waals surface area contributed by atoms with Gasteiger partial charge in [0.05, 0.1) is 6.07 Å². The minimum Gasteiger partial charge on any atom is -0.356 e. The maximum absolute atomic E-state index is 13.4. The van der Waals surface area contributed by atoms with E-state index in [1.807, 2.05) is 6.07 Å². The van der Waals surface area contributed by atoms with Gasteiger partial charge < -0.3 is 20.9 Å². The SMILES string of the molecule is CC(C)(C)[C@H](NC(=O)C(F)(F)F)C(=O)N1C[C@H]2[C@@H]([C@H]1C(=O)N[C@H](C#N)C[C@@H]1CCNC1=O)C2(Cl)Cl. The second kappa shape index (κ2) is 9.32. The van der Waals surface area contributed by atoms with Crippen LogP contribution in [0.3, 0.4) is 0 Å². The molecule has 0 aromatic carbocycles. The largest absolute Gasteiger partial charge is 0.471 e. The molecule has 0 unspecified atom stereocenters. The summed E-state index contributed by atoms with van der Waals surface area (Å²) in [6, 6.07) is -1.98. The molecule has 3 N–H and O–H groups in total. The van der Waals surface area contributed by atoms with E-state index in [4.69, 9.17) is 23.2 Å². The fraction of sp³-hybridized carbons (Fsp3) is 0.762. The smallest absolute Gasteiger partial charge is 0.356 e. The molecule has 0 spiro atoms. The Morgan fingerprint density at radius 2 is 1.89 bits per heavy atom. The quantitative estimate of drug-likeness (QED) is 0.437. The number of hydrogen-bond donors (Lipinski definition) is 3. The molecule has 6 atom stereocenters. The van der Waals surface area contributed by atoms with Crippen molar-refractivity contribution in [3.63, 3.8) is 0 Å². The summed E-state index contributed by atoms with van der Waals surface area (Å²) in [5, 5.41) is 16.4. The molecule has 3 rings (SSSR count). The van der Waals surface area contributed by atoms with Crippen molar-refractivity contribution in [1.82, 2.24) is 20.9 Å². The summed E-state index contributed by atoms with van der Waals surface area (Å²) in [4.78, 5) is 51.1. The van der Waals surface area contributed by atoms with Crippen LogP contribution in [0.2, 0.25) is 0 Å². The number of halogens is 5. The molecule has 1 saturated carbocycles. The molecule has 0 radical (unpaired) electrons. The average Bonchev–Trinajstić information content (AvgIpc) is 3.10. The number of amides is 4. The van der Waals surface area contributed by atoms with Gasteiger partial charge in [0.25, 0.3) is 0 Å². The molecule has 1 aliphatic carbocycles. The van der Waals surface area contributed by atoms with E-state index in [2.05, 4.69) is 10.6 Å². The summed E-state index contributed by atoms with van der Waals surface area (Å²) in [7, 11) is 0. The number of fused-ring (bicyclic) bond motifs is 1. The highest BCUT2D eigenvalue weighted by atomic mass is 35.5. The van der Waals surface area contributed by atoms with Crippen LogP contribution in [0.15, 0.2) is 0 Å². The van der Waals surface area contributed by atoms with Crippen LogP contribution in [0.4, 0.5) is 13.2 Å². The van der Waals surface area contributed by atoms with Crippen LogP contribution in [0.5, 0.6) is 0 Å². The van der Waals surface area contributed by atoms with Crippen molar-refractivity contribution in [3.05, 3.63) is 0 Å². The van der Waals surface area contributed by atoms with E-state index in [1.54, 1.807) is 5.32 Å². The molecule has 0 bridgehead atoms. The Balaban J connectivity index is 1.81. The second-order valence-electron chi connectivity index (χ2n) is 10.2. The van der Waals surface area contributed by atoms with Crippen molar-refractivity contribution in [2.75, 3.05) is 13.1 Å². The van der Waals surface area contributed by atoms with E-state index < -0.39 is 69.5 Å². The number of carbonyl (C=O) groups is 4. The fourth-order valence-electron chi connectivity index (χ4n) is 4.72. The Bertz CT molecular complexity index is 962. The molecule has 0 aromatic rings. The van der Waals surface area contributed by atoms with Gasteiger partial charge in [-0.2, -0.15) is 18.4 Å². The van der Waals surface area contributed by atoms with Gasteiger partial charge in [-0.3, -0.25) is 19.2 Å². The summed E-state index contributed by atoms with van der Waals surface area (Å²) in [5.74, 6) is -5.83. The highest BCUT2D eigenvalue weighted by Crippen LogP contribution is 2.65. The second-order valence-corrected chi connectivity index (χ2v) is 11.7. The predicted octanol–water partition coefficient (Wildman–Crippen LogP) is 1.24. The summed E-state index contributed by atoms with van der Waals surface area (Å²) in [5.41, 5.74) is -1.13. The third kappa shape index (κ3) is 5.45. The minimum absolute atomic E-state index is 0.0575. The first kappa shape index (κ1) is 27.3. The molecular formula is C21H26Cl2F3N5O4. The number of likely N-dealkylation sites (tertiary alicyclic amines) is 1. The molecule has 4 amide bonds. The Hall–Kier alpha value is -2.26. The van der Waals surface area contributed by atoms with E-state index in [-0.39, 0.29) is 18.9 Å². The molecule has 2 saturated heterocycles. The zero-order valence-corrected chi connectivity index (χ0v) is 20.7. The minimum atomic E-state index is -5.21. The Morgan fingerprint density at radius 1 is 1.26 bits per heavy atom. The number of carbonyl (C=O) groups excluding carboxylic acids is 4. The molecule has 35 heavy (non-hydrogen) atoms. The third-order valence-electron chi connectivity index (χ3n) is 6.69. The molecular weight excluding hydrogens is 514 g/mol.